The van der Waals surface area contributed by atoms with Crippen LogP contribution in [0.2, 0.25) is 0 Å². The third-order valence-corrected chi connectivity index (χ3v) is 2.05. The van der Waals surface area contributed by atoms with Gasteiger partial charge in [0.2, 0.25) is 0 Å². The van der Waals surface area contributed by atoms with Gasteiger partial charge in [-0.3, -0.25) is 0 Å². The van der Waals surface area contributed by atoms with Crippen molar-refractivity contribution in [1.29, 1.82) is 0 Å². The van der Waals surface area contributed by atoms with Crippen molar-refractivity contribution in [3.8, 4) is 0 Å². The van der Waals surface area contributed by atoms with Gasteiger partial charge in [-0.05, 0) is 18.4 Å². The third kappa shape index (κ3) is 4.88. The molecule has 0 amide bonds. The second kappa shape index (κ2) is 5.81. The molecule has 1 rings (SSSR count). The van der Waals surface area contributed by atoms with Gasteiger partial charge >= 0.3 is 0 Å². The molecular weight excluding hydrogens is 186 g/mol. The summed E-state index contributed by atoms with van der Waals surface area (Å²) in [6.45, 7) is 9.40. The topological polar surface area (TPSA) is 37.8 Å². The summed E-state index contributed by atoms with van der Waals surface area (Å²) >= 11 is 0. The third-order valence-electron chi connectivity index (χ3n) is 2.05. The Morgan fingerprint density at radius 1 is 1.27 bits per heavy atom. The van der Waals surface area contributed by atoms with E-state index in [1.54, 1.807) is 0 Å². The lowest BCUT2D eigenvalue weighted by atomic mass is 10.1. The summed E-state index contributed by atoms with van der Waals surface area (Å²) in [4.78, 5) is 8.76. The highest BCUT2D eigenvalue weighted by atomic mass is 15.0. The van der Waals surface area contributed by atoms with E-state index in [-0.39, 0.29) is 0 Å². The molecule has 0 unspecified atom stereocenters. The van der Waals surface area contributed by atoms with Crippen molar-refractivity contribution >= 4 is 0 Å². The van der Waals surface area contributed by atoms with E-state index in [0.29, 0.717) is 12.0 Å². The smallest absolute Gasteiger partial charge is 0.142 e. The van der Waals surface area contributed by atoms with Crippen LogP contribution in [0.15, 0.2) is 12.3 Å². The summed E-state index contributed by atoms with van der Waals surface area (Å²) in [7, 11) is 0. The number of nitrogens with zero attached hydrogens (tertiary/aromatic N) is 2. The van der Waals surface area contributed by atoms with Crippen molar-refractivity contribution in [2.45, 2.75) is 46.7 Å². The van der Waals surface area contributed by atoms with Gasteiger partial charge in [-0.1, -0.05) is 27.7 Å². The molecule has 84 valence electrons. The lowest BCUT2D eigenvalue weighted by molar-refractivity contribution is 0.566. The molecule has 0 spiro atoms. The molecule has 3 heteroatoms. The molecule has 0 aliphatic carbocycles. The summed E-state index contributed by atoms with van der Waals surface area (Å²) in [5.41, 5.74) is 1.14. The van der Waals surface area contributed by atoms with Crippen molar-refractivity contribution in [3.05, 3.63) is 23.8 Å². The van der Waals surface area contributed by atoms with Crippen LogP contribution < -0.4 is 5.32 Å². The van der Waals surface area contributed by atoms with Gasteiger partial charge in [0.05, 0.1) is 6.54 Å². The summed E-state index contributed by atoms with van der Waals surface area (Å²) in [5.74, 6) is 1.53. The highest BCUT2D eigenvalue weighted by Crippen LogP contribution is 2.04. The molecule has 1 aromatic heterocycles. The molecule has 0 aliphatic rings. The van der Waals surface area contributed by atoms with Crippen LogP contribution in [0.4, 0.5) is 0 Å². The van der Waals surface area contributed by atoms with Gasteiger partial charge < -0.3 is 5.32 Å². The minimum atomic E-state index is 0.474. The van der Waals surface area contributed by atoms with Crippen LogP contribution in [0, 0.1) is 5.92 Å². The summed E-state index contributed by atoms with van der Waals surface area (Å²) in [6, 6.07) is 2.47. The number of aromatic nitrogens is 2. The van der Waals surface area contributed by atoms with Crippen LogP contribution in [-0.4, -0.2) is 16.0 Å². The van der Waals surface area contributed by atoms with Crippen LogP contribution in [0.25, 0.3) is 0 Å². The lowest BCUT2D eigenvalue weighted by Gasteiger charge is -2.08. The van der Waals surface area contributed by atoms with Crippen LogP contribution in [-0.2, 0) is 13.0 Å². The van der Waals surface area contributed by atoms with E-state index in [4.69, 9.17) is 0 Å². The first-order valence-electron chi connectivity index (χ1n) is 5.62. The minimum absolute atomic E-state index is 0.474. The van der Waals surface area contributed by atoms with Crippen LogP contribution >= 0.6 is 0 Å². The monoisotopic (exact) mass is 207 g/mol. The SMILES string of the molecule is CC(C)Cc1ccnc(CNC(C)C)n1. The Hall–Kier alpha value is -0.960. The summed E-state index contributed by atoms with van der Waals surface area (Å²) < 4.78 is 0. The van der Waals surface area contributed by atoms with E-state index in [2.05, 4.69) is 43.0 Å². The second-order valence-corrected chi connectivity index (χ2v) is 4.60. The molecule has 0 atom stereocenters. The predicted molar refractivity (Wildman–Crippen MR) is 62.5 cm³/mol. The predicted octanol–water partition coefficient (Wildman–Crippen LogP) is 2.17. The van der Waals surface area contributed by atoms with Crippen LogP contribution in [0.5, 0.6) is 0 Å². The van der Waals surface area contributed by atoms with Gasteiger partial charge in [0.1, 0.15) is 5.82 Å². The van der Waals surface area contributed by atoms with E-state index in [0.717, 1.165) is 24.5 Å². The molecule has 0 bridgehead atoms. The maximum atomic E-state index is 4.51. The molecule has 0 saturated heterocycles. The van der Waals surface area contributed by atoms with Crippen LogP contribution in [0.3, 0.4) is 0 Å². The van der Waals surface area contributed by atoms with Crippen molar-refractivity contribution < 1.29 is 0 Å². The van der Waals surface area contributed by atoms with E-state index >= 15 is 0 Å². The normalized spacial score (nSPS) is 11.3. The number of hydrogen-bond acceptors (Lipinski definition) is 3. The summed E-state index contributed by atoms with van der Waals surface area (Å²) in [6.07, 6.45) is 2.87. The average molecular weight is 207 g/mol. The fourth-order valence-electron chi connectivity index (χ4n) is 1.35. The van der Waals surface area contributed by atoms with Crippen molar-refractivity contribution in [1.82, 2.24) is 15.3 Å². The maximum Gasteiger partial charge on any atom is 0.142 e. The highest BCUT2D eigenvalue weighted by Gasteiger charge is 2.02. The molecule has 0 fully saturated rings. The minimum Gasteiger partial charge on any atom is -0.308 e. The molecule has 0 saturated carbocycles. The molecule has 1 aromatic rings. The second-order valence-electron chi connectivity index (χ2n) is 4.60. The van der Waals surface area contributed by atoms with Gasteiger partial charge in [-0.2, -0.15) is 0 Å². The van der Waals surface area contributed by atoms with E-state index in [1.807, 2.05) is 12.3 Å². The Bertz CT molecular complexity index is 295. The summed E-state index contributed by atoms with van der Waals surface area (Å²) in [5, 5.41) is 3.32. The molecule has 0 radical (unpaired) electrons. The van der Waals surface area contributed by atoms with Gasteiger partial charge in [-0.15, -0.1) is 0 Å². The van der Waals surface area contributed by atoms with Gasteiger partial charge in [-0.25, -0.2) is 9.97 Å². The zero-order valence-electron chi connectivity index (χ0n) is 10.1. The van der Waals surface area contributed by atoms with Crippen molar-refractivity contribution in [2.75, 3.05) is 0 Å². The van der Waals surface area contributed by atoms with Crippen molar-refractivity contribution in [3.63, 3.8) is 0 Å². The average Bonchev–Trinajstić information content (AvgIpc) is 2.14. The maximum absolute atomic E-state index is 4.51. The molecule has 0 aromatic carbocycles. The number of rotatable bonds is 5. The Balaban J connectivity index is 2.57. The lowest BCUT2D eigenvalue weighted by Crippen LogP contribution is -2.23. The Morgan fingerprint density at radius 2 is 2.00 bits per heavy atom. The first-order valence-corrected chi connectivity index (χ1v) is 5.62. The largest absolute Gasteiger partial charge is 0.308 e. The Labute approximate surface area is 92.3 Å². The first kappa shape index (κ1) is 12.1. The number of hydrogen-bond donors (Lipinski definition) is 1. The zero-order valence-corrected chi connectivity index (χ0v) is 10.1. The number of nitrogens with one attached hydrogen (secondary N) is 1. The zero-order chi connectivity index (χ0) is 11.3. The fourth-order valence-corrected chi connectivity index (χ4v) is 1.35. The molecule has 15 heavy (non-hydrogen) atoms. The van der Waals surface area contributed by atoms with Gasteiger partial charge in [0.15, 0.2) is 0 Å². The molecule has 0 aliphatic heterocycles. The van der Waals surface area contributed by atoms with Crippen LogP contribution in [0.1, 0.15) is 39.2 Å². The van der Waals surface area contributed by atoms with Crippen molar-refractivity contribution in [2.24, 2.45) is 5.92 Å². The molecule has 3 nitrogen and oxygen atoms in total. The first-order chi connectivity index (χ1) is 7.08. The highest BCUT2D eigenvalue weighted by molar-refractivity contribution is 5.03. The van der Waals surface area contributed by atoms with E-state index < -0.39 is 0 Å². The quantitative estimate of drug-likeness (QED) is 0.804. The van der Waals surface area contributed by atoms with Gasteiger partial charge in [0.25, 0.3) is 0 Å². The van der Waals surface area contributed by atoms with E-state index in [1.165, 1.54) is 0 Å². The standard InChI is InChI=1S/C12H21N3/c1-9(2)7-11-5-6-13-12(15-11)8-14-10(3)4/h5-6,9-10,14H,7-8H2,1-4H3. The van der Waals surface area contributed by atoms with Gasteiger partial charge in [0, 0.05) is 17.9 Å². The molecule has 1 heterocycles. The van der Waals surface area contributed by atoms with E-state index in [9.17, 15) is 0 Å². The molecular formula is C12H21N3. The Kier molecular flexibility index (Phi) is 4.69. The fraction of sp³-hybridized carbons (Fsp3) is 0.667. The molecule has 1 N–H and O–H groups in total. The Morgan fingerprint density at radius 3 is 2.60 bits per heavy atom.